The first-order valence-electron chi connectivity index (χ1n) is 6.21. The smallest absolute Gasteiger partial charge is 0.0480 e. The van der Waals surface area contributed by atoms with Crippen LogP contribution in [0.4, 0.5) is 0 Å². The van der Waals surface area contributed by atoms with Crippen molar-refractivity contribution >= 4 is 0 Å². The molecule has 1 aliphatic carbocycles. The summed E-state index contributed by atoms with van der Waals surface area (Å²) in [5.41, 5.74) is 0.457. The van der Waals surface area contributed by atoms with Crippen LogP contribution in [0.3, 0.4) is 0 Å². The molecule has 88 valence electrons. The molecule has 1 aliphatic heterocycles. The fraction of sp³-hybridized carbons (Fsp3) is 1.00. The zero-order chi connectivity index (χ0) is 10.7. The van der Waals surface area contributed by atoms with E-state index in [-0.39, 0.29) is 0 Å². The quantitative estimate of drug-likeness (QED) is 0.759. The van der Waals surface area contributed by atoms with E-state index in [9.17, 15) is 0 Å². The van der Waals surface area contributed by atoms with E-state index in [0.29, 0.717) is 11.6 Å². The number of nitrogens with zero attached hydrogens (tertiary/aromatic N) is 1. The summed E-state index contributed by atoms with van der Waals surface area (Å²) in [4.78, 5) is 2.41. The number of hydrogen-bond donors (Lipinski definition) is 1. The molecule has 1 N–H and O–H groups in total. The Balaban J connectivity index is 1.75. The van der Waals surface area contributed by atoms with Gasteiger partial charge in [0.25, 0.3) is 0 Å². The van der Waals surface area contributed by atoms with Gasteiger partial charge in [-0.3, -0.25) is 0 Å². The average molecular weight is 212 g/mol. The summed E-state index contributed by atoms with van der Waals surface area (Å²) < 4.78 is 5.37. The van der Waals surface area contributed by atoms with E-state index in [4.69, 9.17) is 4.74 Å². The van der Waals surface area contributed by atoms with Crippen molar-refractivity contribution in [2.24, 2.45) is 0 Å². The van der Waals surface area contributed by atoms with Crippen LogP contribution in [0.25, 0.3) is 0 Å². The summed E-state index contributed by atoms with van der Waals surface area (Å²) in [7, 11) is 4.43. The highest BCUT2D eigenvalue weighted by Crippen LogP contribution is 2.35. The first-order valence-corrected chi connectivity index (χ1v) is 6.21. The summed E-state index contributed by atoms with van der Waals surface area (Å²) in [5, 5.41) is 3.72. The lowest BCUT2D eigenvalue weighted by molar-refractivity contribution is 0.0412. The molecule has 0 aromatic carbocycles. The van der Waals surface area contributed by atoms with Gasteiger partial charge in [0, 0.05) is 31.3 Å². The molecule has 1 heterocycles. The van der Waals surface area contributed by atoms with Crippen molar-refractivity contribution in [1.82, 2.24) is 10.2 Å². The molecular formula is C12H24N2O. The second kappa shape index (κ2) is 4.81. The Bertz CT molecular complexity index is 196. The molecule has 3 nitrogen and oxygen atoms in total. The Morgan fingerprint density at radius 1 is 1.27 bits per heavy atom. The lowest BCUT2D eigenvalue weighted by Crippen LogP contribution is -2.58. The second-order valence-corrected chi connectivity index (χ2v) is 5.24. The second-order valence-electron chi connectivity index (χ2n) is 5.24. The molecule has 0 amide bonds. The van der Waals surface area contributed by atoms with E-state index < -0.39 is 0 Å². The highest BCUT2D eigenvalue weighted by atomic mass is 16.5. The molecule has 1 saturated carbocycles. The Hall–Kier alpha value is -0.120. The number of hydrogen-bond acceptors (Lipinski definition) is 3. The van der Waals surface area contributed by atoms with Gasteiger partial charge in [0.05, 0.1) is 0 Å². The van der Waals surface area contributed by atoms with E-state index in [0.717, 1.165) is 19.8 Å². The lowest BCUT2D eigenvalue weighted by Gasteiger charge is -2.48. The zero-order valence-corrected chi connectivity index (χ0v) is 10.1. The third-order valence-corrected chi connectivity index (χ3v) is 4.17. The predicted molar refractivity (Wildman–Crippen MR) is 62.1 cm³/mol. The molecule has 3 heteroatoms. The molecule has 0 aromatic heterocycles. The number of nitrogens with one attached hydrogen (secondary N) is 1. The highest BCUT2D eigenvalue weighted by molar-refractivity contribution is 4.98. The minimum Gasteiger partial charge on any atom is -0.381 e. The molecule has 2 fully saturated rings. The third-order valence-electron chi connectivity index (χ3n) is 4.17. The molecule has 2 rings (SSSR count). The molecule has 0 bridgehead atoms. The van der Waals surface area contributed by atoms with Crippen LogP contribution in [0.15, 0.2) is 0 Å². The lowest BCUT2D eigenvalue weighted by atomic mass is 9.75. The van der Waals surface area contributed by atoms with Gasteiger partial charge in [0.2, 0.25) is 0 Å². The summed E-state index contributed by atoms with van der Waals surface area (Å²) in [5.74, 6) is 0. The number of ether oxygens (including phenoxy) is 1. The molecule has 0 unspecified atom stereocenters. The van der Waals surface area contributed by atoms with Crippen molar-refractivity contribution in [3.8, 4) is 0 Å². The number of likely N-dealkylation sites (N-methyl/N-ethyl adjacent to an activating group) is 1. The topological polar surface area (TPSA) is 24.5 Å². The molecule has 0 atom stereocenters. The normalized spacial score (nSPS) is 26.6. The fourth-order valence-corrected chi connectivity index (χ4v) is 2.60. The van der Waals surface area contributed by atoms with Gasteiger partial charge in [-0.05, 0) is 46.2 Å². The minimum absolute atomic E-state index is 0.457. The first kappa shape index (κ1) is 11.4. The van der Waals surface area contributed by atoms with Crippen molar-refractivity contribution in [2.75, 3.05) is 33.9 Å². The van der Waals surface area contributed by atoms with Gasteiger partial charge in [0.15, 0.2) is 0 Å². The van der Waals surface area contributed by atoms with Gasteiger partial charge in [-0.15, -0.1) is 0 Å². The summed E-state index contributed by atoms with van der Waals surface area (Å²) in [6.45, 7) is 3.03. The van der Waals surface area contributed by atoms with Crippen LogP contribution in [0.1, 0.15) is 32.1 Å². The van der Waals surface area contributed by atoms with Crippen molar-refractivity contribution in [3.63, 3.8) is 0 Å². The Labute approximate surface area is 93.2 Å². The summed E-state index contributed by atoms with van der Waals surface area (Å²) >= 11 is 0. The van der Waals surface area contributed by atoms with Crippen molar-refractivity contribution in [2.45, 2.75) is 43.7 Å². The van der Waals surface area contributed by atoms with E-state index >= 15 is 0 Å². The monoisotopic (exact) mass is 212 g/mol. The number of rotatable bonds is 4. The molecule has 2 aliphatic rings. The van der Waals surface area contributed by atoms with Crippen LogP contribution in [-0.4, -0.2) is 50.3 Å². The minimum atomic E-state index is 0.457. The van der Waals surface area contributed by atoms with Gasteiger partial charge in [0.1, 0.15) is 0 Å². The maximum Gasteiger partial charge on any atom is 0.0480 e. The van der Waals surface area contributed by atoms with E-state index in [2.05, 4.69) is 24.3 Å². The molecule has 1 saturated heterocycles. The zero-order valence-electron chi connectivity index (χ0n) is 10.1. The Kier molecular flexibility index (Phi) is 3.65. The van der Waals surface area contributed by atoms with Crippen LogP contribution < -0.4 is 5.32 Å². The maximum absolute atomic E-state index is 5.37. The fourth-order valence-electron chi connectivity index (χ4n) is 2.60. The van der Waals surface area contributed by atoms with E-state index in [1.807, 2.05) is 0 Å². The molecular weight excluding hydrogens is 188 g/mol. The summed E-state index contributed by atoms with van der Waals surface area (Å²) in [6, 6.07) is 0.691. The van der Waals surface area contributed by atoms with Crippen LogP contribution in [0.2, 0.25) is 0 Å². The standard InChI is InChI=1S/C12H24N2O/c1-14(2)12(6-3-7-12)10-13-11-4-8-15-9-5-11/h11,13H,3-10H2,1-2H3. The average Bonchev–Trinajstić information content (AvgIpc) is 2.17. The van der Waals surface area contributed by atoms with Crippen LogP contribution in [-0.2, 0) is 4.74 Å². The van der Waals surface area contributed by atoms with Crippen LogP contribution >= 0.6 is 0 Å². The SMILES string of the molecule is CN(C)C1(CNC2CCOCC2)CCC1. The highest BCUT2D eigenvalue weighted by Gasteiger charge is 2.39. The van der Waals surface area contributed by atoms with Crippen molar-refractivity contribution in [3.05, 3.63) is 0 Å². The van der Waals surface area contributed by atoms with Crippen LogP contribution in [0, 0.1) is 0 Å². The molecule has 0 spiro atoms. The Morgan fingerprint density at radius 2 is 1.93 bits per heavy atom. The molecule has 0 radical (unpaired) electrons. The van der Waals surface area contributed by atoms with Gasteiger partial charge in [-0.1, -0.05) is 0 Å². The van der Waals surface area contributed by atoms with Crippen LogP contribution in [0.5, 0.6) is 0 Å². The Morgan fingerprint density at radius 3 is 2.40 bits per heavy atom. The van der Waals surface area contributed by atoms with E-state index in [1.54, 1.807) is 0 Å². The third kappa shape index (κ3) is 2.52. The largest absolute Gasteiger partial charge is 0.381 e. The maximum atomic E-state index is 5.37. The van der Waals surface area contributed by atoms with Crippen molar-refractivity contribution < 1.29 is 4.74 Å². The van der Waals surface area contributed by atoms with Gasteiger partial charge >= 0.3 is 0 Å². The first-order chi connectivity index (χ1) is 7.23. The van der Waals surface area contributed by atoms with Gasteiger partial charge in [-0.2, -0.15) is 0 Å². The van der Waals surface area contributed by atoms with Crippen molar-refractivity contribution in [1.29, 1.82) is 0 Å². The van der Waals surface area contributed by atoms with E-state index in [1.165, 1.54) is 32.1 Å². The molecule has 0 aromatic rings. The predicted octanol–water partition coefficient (Wildman–Crippen LogP) is 1.24. The van der Waals surface area contributed by atoms with Gasteiger partial charge in [-0.25, -0.2) is 0 Å². The van der Waals surface area contributed by atoms with Gasteiger partial charge < -0.3 is 15.0 Å². The molecule has 15 heavy (non-hydrogen) atoms. The summed E-state index contributed by atoms with van der Waals surface area (Å²) in [6.07, 6.45) is 6.48.